The highest BCUT2D eigenvalue weighted by atomic mass is 35.5. The number of hydrogen-bond donors (Lipinski definition) is 0. The molecule has 7 heteroatoms. The second-order valence-corrected chi connectivity index (χ2v) is 6.69. The van der Waals surface area contributed by atoms with Gasteiger partial charge in [-0.15, -0.1) is 0 Å². The second-order valence-electron chi connectivity index (χ2n) is 4.83. The first-order valence-corrected chi connectivity index (χ1v) is 7.93. The number of halogens is 2. The Labute approximate surface area is 130 Å². The fourth-order valence-electron chi connectivity index (χ4n) is 1.43. The number of esters is 1. The molecule has 0 saturated carbocycles. The summed E-state index contributed by atoms with van der Waals surface area (Å²) in [5.41, 5.74) is -1.38. The van der Waals surface area contributed by atoms with E-state index in [1.54, 1.807) is 6.92 Å². The van der Waals surface area contributed by atoms with Crippen LogP contribution < -0.4 is 0 Å². The van der Waals surface area contributed by atoms with Crippen molar-refractivity contribution in [2.75, 3.05) is 12.4 Å². The third-order valence-corrected chi connectivity index (χ3v) is 4.49. The topological polar surface area (TPSA) is 60.4 Å². The summed E-state index contributed by atoms with van der Waals surface area (Å²) in [5, 5.41) is -0.169. The van der Waals surface area contributed by atoms with Gasteiger partial charge in [-0.2, -0.15) is 0 Å². The third-order valence-electron chi connectivity index (χ3n) is 2.90. The lowest BCUT2D eigenvalue weighted by Gasteiger charge is -2.20. The van der Waals surface area contributed by atoms with Crippen molar-refractivity contribution in [2.45, 2.75) is 25.7 Å². The normalized spacial score (nSPS) is 12.8. The lowest BCUT2D eigenvalue weighted by atomic mass is 9.89. The lowest BCUT2D eigenvalue weighted by molar-refractivity contribution is -0.157. The van der Waals surface area contributed by atoms with Gasteiger partial charge in [-0.3, -0.25) is 13.8 Å². The van der Waals surface area contributed by atoms with Crippen molar-refractivity contribution in [2.24, 2.45) is 5.41 Å². The van der Waals surface area contributed by atoms with Gasteiger partial charge in [0.2, 0.25) is 0 Å². The molecule has 1 atom stereocenters. The monoisotopic (exact) mass is 334 g/mol. The molecule has 0 spiro atoms. The number of Topliss-reactive ketones (excluding diaryl/α,β-unsaturated/α-hetero) is 1. The number of carbonyl (C=O) groups excluding carboxylic acids is 2. The number of carbonyl (C=O) groups is 2. The number of rotatable bonds is 6. The van der Waals surface area contributed by atoms with Gasteiger partial charge in [0.05, 0.1) is 28.2 Å². The lowest BCUT2D eigenvalue weighted by Crippen LogP contribution is -2.37. The van der Waals surface area contributed by atoms with Crippen molar-refractivity contribution < 1.29 is 22.9 Å². The Balaban J connectivity index is 2.84. The van der Waals surface area contributed by atoms with Crippen molar-refractivity contribution >= 4 is 34.2 Å². The SMILES string of the molecule is CCOC(=O)C(C)(C)C(=O)CS(=O)c1ccc(F)c(Cl)c1. The van der Waals surface area contributed by atoms with E-state index in [4.69, 9.17) is 16.3 Å². The van der Waals surface area contributed by atoms with Gasteiger partial charge >= 0.3 is 5.97 Å². The van der Waals surface area contributed by atoms with E-state index in [9.17, 15) is 18.2 Å². The molecule has 0 fully saturated rings. The van der Waals surface area contributed by atoms with Crippen molar-refractivity contribution in [3.05, 3.63) is 29.0 Å². The molecule has 116 valence electrons. The van der Waals surface area contributed by atoms with Gasteiger partial charge in [-0.1, -0.05) is 11.6 Å². The smallest absolute Gasteiger partial charge is 0.319 e. The summed E-state index contributed by atoms with van der Waals surface area (Å²) in [6, 6.07) is 3.58. The van der Waals surface area contributed by atoms with Crippen LogP contribution >= 0.6 is 11.6 Å². The molecule has 0 aliphatic heterocycles. The predicted octanol–water partition coefficient (Wildman–Crippen LogP) is 2.75. The van der Waals surface area contributed by atoms with E-state index in [1.807, 2.05) is 0 Å². The summed E-state index contributed by atoms with van der Waals surface area (Å²) in [6.45, 7) is 4.63. The zero-order chi connectivity index (χ0) is 16.2. The fourth-order valence-corrected chi connectivity index (χ4v) is 2.91. The van der Waals surface area contributed by atoms with Crippen LogP contribution in [0, 0.1) is 11.2 Å². The molecule has 0 radical (unpaired) electrons. The van der Waals surface area contributed by atoms with E-state index >= 15 is 0 Å². The quantitative estimate of drug-likeness (QED) is 0.593. The van der Waals surface area contributed by atoms with Crippen LogP contribution in [0.5, 0.6) is 0 Å². The minimum atomic E-state index is -1.71. The Bertz CT molecular complexity index is 586. The largest absolute Gasteiger partial charge is 0.465 e. The molecule has 0 saturated heterocycles. The molecule has 0 amide bonds. The summed E-state index contributed by atoms with van der Waals surface area (Å²) in [7, 11) is -1.71. The highest BCUT2D eigenvalue weighted by molar-refractivity contribution is 7.85. The van der Waals surface area contributed by atoms with Gasteiger partial charge in [0.15, 0.2) is 5.78 Å². The third kappa shape index (κ3) is 4.35. The van der Waals surface area contributed by atoms with E-state index < -0.39 is 33.8 Å². The van der Waals surface area contributed by atoms with Crippen LogP contribution in [-0.2, 0) is 25.1 Å². The van der Waals surface area contributed by atoms with Crippen LogP contribution in [0.2, 0.25) is 5.02 Å². The Morgan fingerprint density at radius 3 is 2.52 bits per heavy atom. The summed E-state index contributed by atoms with van der Waals surface area (Å²) >= 11 is 5.61. The summed E-state index contributed by atoms with van der Waals surface area (Å²) in [6.07, 6.45) is 0. The van der Waals surface area contributed by atoms with Gasteiger partial charge < -0.3 is 4.74 Å². The molecule has 0 aromatic heterocycles. The van der Waals surface area contributed by atoms with Crippen LogP contribution in [-0.4, -0.2) is 28.3 Å². The van der Waals surface area contributed by atoms with Gasteiger partial charge in [-0.25, -0.2) is 4.39 Å². The Morgan fingerprint density at radius 2 is 2.00 bits per heavy atom. The molecule has 1 rings (SSSR count). The Morgan fingerprint density at radius 1 is 1.38 bits per heavy atom. The molecule has 0 aliphatic carbocycles. The molecule has 1 aromatic rings. The second kappa shape index (κ2) is 7.13. The maximum atomic E-state index is 13.0. The first kappa shape index (κ1) is 17.8. The van der Waals surface area contributed by atoms with E-state index in [0.717, 1.165) is 6.07 Å². The molecule has 1 aromatic carbocycles. The zero-order valence-corrected chi connectivity index (χ0v) is 13.5. The average Bonchev–Trinajstić information content (AvgIpc) is 2.41. The highest BCUT2D eigenvalue weighted by Crippen LogP contribution is 2.22. The van der Waals surface area contributed by atoms with Crippen molar-refractivity contribution in [1.29, 1.82) is 0 Å². The Kier molecular flexibility index (Phi) is 6.04. The molecule has 0 aliphatic rings. The van der Waals surface area contributed by atoms with Gasteiger partial charge in [0, 0.05) is 4.90 Å². The zero-order valence-electron chi connectivity index (χ0n) is 11.9. The fraction of sp³-hybridized carbons (Fsp3) is 0.429. The molecule has 0 N–H and O–H groups in total. The number of ether oxygens (including phenoxy) is 1. The van der Waals surface area contributed by atoms with Crippen LogP contribution in [0.25, 0.3) is 0 Å². The number of hydrogen-bond acceptors (Lipinski definition) is 4. The summed E-state index contributed by atoms with van der Waals surface area (Å²) < 4.78 is 30.0. The molecular weight excluding hydrogens is 319 g/mol. The van der Waals surface area contributed by atoms with E-state index in [1.165, 1.54) is 26.0 Å². The van der Waals surface area contributed by atoms with Crippen LogP contribution in [0.1, 0.15) is 20.8 Å². The van der Waals surface area contributed by atoms with Crippen LogP contribution in [0.4, 0.5) is 4.39 Å². The predicted molar refractivity (Wildman–Crippen MR) is 78.1 cm³/mol. The van der Waals surface area contributed by atoms with Gasteiger partial charge in [-0.05, 0) is 39.0 Å². The maximum absolute atomic E-state index is 13.0. The molecule has 0 bridgehead atoms. The molecule has 0 heterocycles. The van der Waals surface area contributed by atoms with Gasteiger partial charge in [0.1, 0.15) is 11.2 Å². The molecule has 21 heavy (non-hydrogen) atoms. The van der Waals surface area contributed by atoms with Crippen molar-refractivity contribution in [3.8, 4) is 0 Å². The maximum Gasteiger partial charge on any atom is 0.319 e. The van der Waals surface area contributed by atoms with Crippen molar-refractivity contribution in [1.82, 2.24) is 0 Å². The highest BCUT2D eigenvalue weighted by Gasteiger charge is 2.38. The van der Waals surface area contributed by atoms with Gasteiger partial charge in [0.25, 0.3) is 0 Å². The minimum Gasteiger partial charge on any atom is -0.465 e. The minimum absolute atomic E-state index is 0.159. The van der Waals surface area contributed by atoms with E-state index in [0.29, 0.717) is 0 Å². The first-order chi connectivity index (χ1) is 9.70. The average molecular weight is 335 g/mol. The number of ketones is 1. The Hall–Kier alpha value is -1.27. The number of benzene rings is 1. The summed E-state index contributed by atoms with van der Waals surface area (Å²) in [4.78, 5) is 24.1. The first-order valence-electron chi connectivity index (χ1n) is 6.24. The molecule has 1 unspecified atom stereocenters. The van der Waals surface area contributed by atoms with E-state index in [2.05, 4.69) is 0 Å². The van der Waals surface area contributed by atoms with Crippen LogP contribution in [0.3, 0.4) is 0 Å². The van der Waals surface area contributed by atoms with Crippen LogP contribution in [0.15, 0.2) is 23.1 Å². The molecule has 4 nitrogen and oxygen atoms in total. The van der Waals surface area contributed by atoms with Crippen molar-refractivity contribution in [3.63, 3.8) is 0 Å². The summed E-state index contributed by atoms with van der Waals surface area (Å²) in [5.74, 6) is -2.17. The van der Waals surface area contributed by atoms with E-state index in [-0.39, 0.29) is 22.3 Å². The standard InChI is InChI=1S/C14H16ClFO4S/c1-4-20-13(18)14(2,3)12(17)8-21(19)9-5-6-11(16)10(15)7-9/h5-7H,4,8H2,1-3H3. The molecular formula is C14H16ClFO4S.